The van der Waals surface area contributed by atoms with Crippen LogP contribution in [0.4, 0.5) is 0 Å². The van der Waals surface area contributed by atoms with Crippen LogP contribution in [0.5, 0.6) is 5.75 Å². The van der Waals surface area contributed by atoms with Crippen molar-refractivity contribution in [1.82, 2.24) is 24.9 Å². The molecule has 146 valence electrons. The number of H-pyrrole nitrogens is 1. The van der Waals surface area contributed by atoms with Crippen molar-refractivity contribution in [2.75, 3.05) is 6.61 Å². The quantitative estimate of drug-likeness (QED) is 0.467. The molecule has 0 amide bonds. The normalized spacial score (nSPS) is 17.8. The van der Waals surface area contributed by atoms with Gasteiger partial charge < -0.3 is 14.8 Å². The minimum absolute atomic E-state index is 0.138. The van der Waals surface area contributed by atoms with E-state index in [1.54, 1.807) is 36.0 Å². The standard InChI is InChI=1S/C22H15N5O2S/c28-22(12-29-17-5-2-6-24-19(17)22)14-4-1-3-13(9-14)16-11-30-21(27-16)15-10-26-20-18(15)23-7-8-25-20/h1-11,28H,12H2,(H,25,26)/t22-/m1/s1. The minimum atomic E-state index is -1.28. The minimum Gasteiger partial charge on any atom is -0.488 e. The number of benzene rings is 1. The lowest BCUT2D eigenvalue weighted by Crippen LogP contribution is -2.29. The summed E-state index contributed by atoms with van der Waals surface area (Å²) in [6.45, 7) is 0.138. The number of aromatic amines is 1. The first-order valence-corrected chi connectivity index (χ1v) is 10.3. The molecule has 1 atom stereocenters. The van der Waals surface area contributed by atoms with E-state index in [2.05, 4.69) is 19.9 Å². The van der Waals surface area contributed by atoms with Crippen LogP contribution in [0.15, 0.2) is 66.6 Å². The fraction of sp³-hybridized carbons (Fsp3) is 0.0909. The average molecular weight is 413 g/mol. The summed E-state index contributed by atoms with van der Waals surface area (Å²) in [5.74, 6) is 0.613. The number of thiazole rings is 1. The smallest absolute Gasteiger partial charge is 0.169 e. The van der Waals surface area contributed by atoms with Crippen molar-refractivity contribution in [3.05, 3.63) is 77.8 Å². The largest absolute Gasteiger partial charge is 0.488 e. The Morgan fingerprint density at radius 2 is 2.00 bits per heavy atom. The number of hydrogen-bond acceptors (Lipinski definition) is 7. The van der Waals surface area contributed by atoms with Gasteiger partial charge in [-0.1, -0.05) is 18.2 Å². The summed E-state index contributed by atoms with van der Waals surface area (Å²) in [5.41, 5.74) is 4.19. The maximum atomic E-state index is 11.3. The second kappa shape index (κ2) is 6.45. The SMILES string of the molecule is O[C@@]1(c2cccc(-c3csc(-c4c[nH]c5nccnc45)n3)c2)COc2cccnc21. The Kier molecular flexibility index (Phi) is 3.71. The summed E-state index contributed by atoms with van der Waals surface area (Å²) in [6, 6.07) is 11.4. The van der Waals surface area contributed by atoms with E-state index in [1.807, 2.05) is 41.9 Å². The van der Waals surface area contributed by atoms with Crippen LogP contribution in [0.2, 0.25) is 0 Å². The molecule has 0 fully saturated rings. The molecule has 30 heavy (non-hydrogen) atoms. The highest BCUT2D eigenvalue weighted by molar-refractivity contribution is 7.13. The van der Waals surface area contributed by atoms with Gasteiger partial charge in [0.25, 0.3) is 0 Å². The molecule has 0 bridgehead atoms. The molecule has 0 saturated carbocycles. The number of rotatable bonds is 3. The number of nitrogens with zero attached hydrogens (tertiary/aromatic N) is 4. The predicted octanol–water partition coefficient (Wildman–Crippen LogP) is 3.77. The van der Waals surface area contributed by atoms with Gasteiger partial charge in [0.15, 0.2) is 11.2 Å². The van der Waals surface area contributed by atoms with Gasteiger partial charge in [0, 0.05) is 35.7 Å². The monoisotopic (exact) mass is 413 g/mol. The van der Waals surface area contributed by atoms with Gasteiger partial charge >= 0.3 is 0 Å². The predicted molar refractivity (Wildman–Crippen MR) is 113 cm³/mol. The van der Waals surface area contributed by atoms with Gasteiger partial charge in [-0.15, -0.1) is 11.3 Å². The molecule has 2 N–H and O–H groups in total. The zero-order valence-corrected chi connectivity index (χ0v) is 16.4. The van der Waals surface area contributed by atoms with Crippen molar-refractivity contribution in [2.45, 2.75) is 5.60 Å². The van der Waals surface area contributed by atoms with Gasteiger partial charge in [0.2, 0.25) is 0 Å². The molecule has 1 aliphatic rings. The molecule has 0 spiro atoms. The summed E-state index contributed by atoms with van der Waals surface area (Å²) >= 11 is 1.54. The first-order valence-electron chi connectivity index (χ1n) is 9.38. The number of ether oxygens (including phenoxy) is 1. The molecule has 1 aliphatic heterocycles. The van der Waals surface area contributed by atoms with E-state index in [0.29, 0.717) is 11.4 Å². The number of hydrogen-bond donors (Lipinski definition) is 2. The molecule has 8 heteroatoms. The lowest BCUT2D eigenvalue weighted by molar-refractivity contribution is 0.0532. The number of fused-ring (bicyclic) bond motifs is 2. The number of pyridine rings is 1. The zero-order chi connectivity index (χ0) is 20.1. The van der Waals surface area contributed by atoms with Crippen molar-refractivity contribution < 1.29 is 9.84 Å². The van der Waals surface area contributed by atoms with E-state index in [9.17, 15) is 5.11 Å². The lowest BCUT2D eigenvalue weighted by Gasteiger charge is -2.21. The second-order valence-electron chi connectivity index (χ2n) is 7.07. The highest BCUT2D eigenvalue weighted by Crippen LogP contribution is 2.41. The Balaban J connectivity index is 1.40. The molecule has 0 aliphatic carbocycles. The van der Waals surface area contributed by atoms with Gasteiger partial charge in [-0.05, 0) is 23.8 Å². The van der Waals surface area contributed by atoms with Gasteiger partial charge in [-0.2, -0.15) is 0 Å². The Morgan fingerprint density at radius 1 is 1.07 bits per heavy atom. The van der Waals surface area contributed by atoms with Gasteiger partial charge in [0.05, 0.1) is 11.3 Å². The van der Waals surface area contributed by atoms with Crippen molar-refractivity contribution in [3.8, 4) is 27.6 Å². The Morgan fingerprint density at radius 3 is 2.97 bits per heavy atom. The van der Waals surface area contributed by atoms with E-state index < -0.39 is 5.60 Å². The fourth-order valence-electron chi connectivity index (χ4n) is 3.77. The van der Waals surface area contributed by atoms with Crippen molar-refractivity contribution in [1.29, 1.82) is 0 Å². The van der Waals surface area contributed by atoms with Gasteiger partial charge in [-0.3, -0.25) is 9.97 Å². The first kappa shape index (κ1) is 17.3. The highest BCUT2D eigenvalue weighted by atomic mass is 32.1. The number of aliphatic hydroxyl groups is 1. The first-order chi connectivity index (χ1) is 14.7. The maximum absolute atomic E-state index is 11.3. The van der Waals surface area contributed by atoms with Crippen LogP contribution in [-0.4, -0.2) is 36.6 Å². The van der Waals surface area contributed by atoms with E-state index >= 15 is 0 Å². The summed E-state index contributed by atoms with van der Waals surface area (Å²) in [4.78, 5) is 21.0. The van der Waals surface area contributed by atoms with Crippen LogP contribution in [0.3, 0.4) is 0 Å². The topological polar surface area (TPSA) is 96.8 Å². The third-order valence-corrected chi connectivity index (χ3v) is 6.15. The van der Waals surface area contributed by atoms with Crippen LogP contribution >= 0.6 is 11.3 Å². The van der Waals surface area contributed by atoms with Crippen molar-refractivity contribution in [2.24, 2.45) is 0 Å². The molecule has 4 aromatic heterocycles. The van der Waals surface area contributed by atoms with Gasteiger partial charge in [0.1, 0.15) is 28.6 Å². The summed E-state index contributed by atoms with van der Waals surface area (Å²) in [7, 11) is 0. The third kappa shape index (κ3) is 2.54. The molecule has 6 rings (SSSR count). The molecule has 1 aromatic carbocycles. The zero-order valence-electron chi connectivity index (χ0n) is 15.6. The van der Waals surface area contributed by atoms with Crippen molar-refractivity contribution >= 4 is 22.5 Å². The molecule has 0 unspecified atom stereocenters. The van der Waals surface area contributed by atoms with Gasteiger partial charge in [-0.25, -0.2) is 9.97 Å². The third-order valence-electron chi connectivity index (χ3n) is 5.28. The van der Waals surface area contributed by atoms with E-state index in [0.717, 1.165) is 38.6 Å². The summed E-state index contributed by atoms with van der Waals surface area (Å²) in [5, 5.41) is 14.2. The maximum Gasteiger partial charge on any atom is 0.169 e. The lowest BCUT2D eigenvalue weighted by atomic mass is 9.90. The molecule has 0 radical (unpaired) electrons. The second-order valence-corrected chi connectivity index (χ2v) is 7.93. The molecule has 5 aromatic rings. The molecule has 0 saturated heterocycles. The average Bonchev–Trinajstić information content (AvgIpc) is 3.52. The van der Waals surface area contributed by atoms with E-state index in [4.69, 9.17) is 9.72 Å². The van der Waals surface area contributed by atoms with Crippen LogP contribution in [0, 0.1) is 0 Å². The number of aromatic nitrogens is 5. The Labute approximate surface area is 175 Å². The Hall–Kier alpha value is -3.62. The molecular formula is C22H15N5O2S. The van der Waals surface area contributed by atoms with Crippen LogP contribution in [-0.2, 0) is 5.60 Å². The highest BCUT2D eigenvalue weighted by Gasteiger charge is 2.42. The summed E-state index contributed by atoms with van der Waals surface area (Å²) in [6.07, 6.45) is 6.88. The van der Waals surface area contributed by atoms with Crippen LogP contribution < -0.4 is 4.74 Å². The van der Waals surface area contributed by atoms with Crippen molar-refractivity contribution in [3.63, 3.8) is 0 Å². The van der Waals surface area contributed by atoms with E-state index in [-0.39, 0.29) is 6.61 Å². The fourth-order valence-corrected chi connectivity index (χ4v) is 4.61. The van der Waals surface area contributed by atoms with Crippen LogP contribution in [0.1, 0.15) is 11.3 Å². The Bertz CT molecular complexity index is 1400. The molecular weight excluding hydrogens is 398 g/mol. The molecule has 5 heterocycles. The number of nitrogens with one attached hydrogen (secondary N) is 1. The summed E-state index contributed by atoms with van der Waals surface area (Å²) < 4.78 is 5.67. The van der Waals surface area contributed by atoms with Crippen LogP contribution in [0.25, 0.3) is 33.0 Å². The van der Waals surface area contributed by atoms with E-state index in [1.165, 1.54) is 0 Å². The molecule has 7 nitrogen and oxygen atoms in total.